The van der Waals surface area contributed by atoms with Crippen LogP contribution in [0.4, 0.5) is 8.78 Å². The third-order valence-corrected chi connectivity index (χ3v) is 4.96. The monoisotopic (exact) mass is 378 g/mol. The van der Waals surface area contributed by atoms with Crippen LogP contribution in [-0.4, -0.2) is 10.9 Å². The van der Waals surface area contributed by atoms with Gasteiger partial charge in [0.1, 0.15) is 11.6 Å². The van der Waals surface area contributed by atoms with E-state index in [9.17, 15) is 13.9 Å². The Bertz CT molecular complexity index is 624. The van der Waals surface area contributed by atoms with Crippen molar-refractivity contribution in [2.75, 3.05) is 5.75 Å². The predicted octanol–water partition coefficient (Wildman–Crippen LogP) is 5.21. The smallest absolute Gasteiger partial charge is 0.148 e. The van der Waals surface area contributed by atoms with E-state index in [0.29, 0.717) is 9.37 Å². The molecule has 6 heteroatoms. The van der Waals surface area contributed by atoms with E-state index < -0.39 is 11.9 Å². The summed E-state index contributed by atoms with van der Waals surface area (Å²) in [5, 5.41) is 9.96. The highest BCUT2D eigenvalue weighted by Gasteiger charge is 2.17. The molecule has 0 amide bonds. The maximum atomic E-state index is 13.9. The highest BCUT2D eigenvalue weighted by molar-refractivity contribution is 9.10. The Hall–Kier alpha value is -0.620. The summed E-state index contributed by atoms with van der Waals surface area (Å²) >= 11 is 10.1. The lowest BCUT2D eigenvalue weighted by molar-refractivity contribution is 0.199. The van der Waals surface area contributed by atoms with Gasteiger partial charge in [0.25, 0.3) is 0 Å². The molecule has 0 aliphatic rings. The summed E-state index contributed by atoms with van der Waals surface area (Å²) in [4.78, 5) is 0.674. The maximum absolute atomic E-state index is 13.9. The zero-order valence-corrected chi connectivity index (χ0v) is 13.3. The van der Waals surface area contributed by atoms with Gasteiger partial charge in [-0.15, -0.1) is 11.8 Å². The van der Waals surface area contributed by atoms with Crippen molar-refractivity contribution in [1.82, 2.24) is 0 Å². The van der Waals surface area contributed by atoms with Gasteiger partial charge in [0.05, 0.1) is 11.1 Å². The van der Waals surface area contributed by atoms with Crippen LogP contribution in [0, 0.1) is 11.6 Å². The van der Waals surface area contributed by atoms with E-state index in [1.165, 1.54) is 30.0 Å². The second kappa shape index (κ2) is 6.89. The minimum Gasteiger partial charge on any atom is -0.387 e. The first-order valence-corrected chi connectivity index (χ1v) is 7.84. The van der Waals surface area contributed by atoms with Crippen molar-refractivity contribution >= 4 is 39.3 Å². The molecule has 20 heavy (non-hydrogen) atoms. The average molecular weight is 380 g/mol. The molecule has 2 aromatic carbocycles. The predicted molar refractivity (Wildman–Crippen MR) is 81.2 cm³/mol. The van der Waals surface area contributed by atoms with Crippen LogP contribution in [-0.2, 0) is 0 Å². The van der Waals surface area contributed by atoms with Gasteiger partial charge in [0.2, 0.25) is 0 Å². The van der Waals surface area contributed by atoms with Crippen LogP contribution in [0.1, 0.15) is 11.7 Å². The van der Waals surface area contributed by atoms with E-state index in [1.54, 1.807) is 18.2 Å². The van der Waals surface area contributed by atoms with Gasteiger partial charge in [-0.2, -0.15) is 0 Å². The molecule has 1 nitrogen and oxygen atoms in total. The fourth-order valence-electron chi connectivity index (χ4n) is 1.62. The van der Waals surface area contributed by atoms with E-state index in [4.69, 9.17) is 11.6 Å². The van der Waals surface area contributed by atoms with E-state index in [2.05, 4.69) is 15.9 Å². The zero-order chi connectivity index (χ0) is 14.7. The Morgan fingerprint density at radius 2 is 2.00 bits per heavy atom. The van der Waals surface area contributed by atoms with Crippen LogP contribution in [0.25, 0.3) is 0 Å². The summed E-state index contributed by atoms with van der Waals surface area (Å²) < 4.78 is 27.4. The van der Waals surface area contributed by atoms with Crippen LogP contribution in [0.15, 0.2) is 45.8 Å². The fourth-order valence-corrected chi connectivity index (χ4v) is 3.00. The number of thioether (sulfide) groups is 1. The molecule has 106 valence electrons. The first kappa shape index (κ1) is 15.8. The van der Waals surface area contributed by atoms with Gasteiger partial charge in [0.15, 0.2) is 0 Å². The second-order valence-electron chi connectivity index (χ2n) is 4.05. The largest absolute Gasteiger partial charge is 0.387 e. The highest BCUT2D eigenvalue weighted by Crippen LogP contribution is 2.32. The van der Waals surface area contributed by atoms with Crippen molar-refractivity contribution in [3.8, 4) is 0 Å². The third kappa shape index (κ3) is 3.73. The van der Waals surface area contributed by atoms with Gasteiger partial charge in [-0.3, -0.25) is 0 Å². The maximum Gasteiger partial charge on any atom is 0.148 e. The lowest BCUT2D eigenvalue weighted by atomic mass is 10.1. The lowest BCUT2D eigenvalue weighted by Gasteiger charge is -2.13. The standard InChI is InChI=1S/C14H10BrClF2OS/c15-11-5-4-10(14(18)13(11)16)12(19)7-20-9-3-1-2-8(17)6-9/h1-6,12,19H,7H2. The molecule has 2 aromatic rings. The molecule has 2 rings (SSSR count). The summed E-state index contributed by atoms with van der Waals surface area (Å²) in [6.07, 6.45) is -1.02. The Morgan fingerprint density at radius 3 is 2.70 bits per heavy atom. The molecule has 0 aliphatic carbocycles. The van der Waals surface area contributed by atoms with Gasteiger partial charge in [-0.25, -0.2) is 8.78 Å². The van der Waals surface area contributed by atoms with Gasteiger partial charge < -0.3 is 5.11 Å². The van der Waals surface area contributed by atoms with E-state index in [1.807, 2.05) is 0 Å². The first-order valence-electron chi connectivity index (χ1n) is 5.69. The molecule has 0 aromatic heterocycles. The second-order valence-corrected chi connectivity index (χ2v) is 6.37. The van der Waals surface area contributed by atoms with Crippen LogP contribution >= 0.6 is 39.3 Å². The Labute approximate surface area is 133 Å². The molecule has 0 radical (unpaired) electrons. The molecule has 1 unspecified atom stereocenters. The van der Waals surface area contributed by atoms with Crippen LogP contribution in [0.2, 0.25) is 5.02 Å². The van der Waals surface area contributed by atoms with Crippen molar-refractivity contribution in [3.63, 3.8) is 0 Å². The van der Waals surface area contributed by atoms with Crippen molar-refractivity contribution in [3.05, 3.63) is 63.1 Å². The molecular formula is C14H10BrClF2OS. The Morgan fingerprint density at radius 1 is 1.25 bits per heavy atom. The Kier molecular flexibility index (Phi) is 5.43. The fraction of sp³-hybridized carbons (Fsp3) is 0.143. The van der Waals surface area contributed by atoms with Crippen molar-refractivity contribution in [1.29, 1.82) is 0 Å². The van der Waals surface area contributed by atoms with Crippen molar-refractivity contribution in [2.24, 2.45) is 0 Å². The Balaban J connectivity index is 2.09. The third-order valence-electron chi connectivity index (χ3n) is 2.63. The van der Waals surface area contributed by atoms with E-state index in [-0.39, 0.29) is 22.2 Å². The number of halogens is 4. The van der Waals surface area contributed by atoms with Gasteiger partial charge in [-0.1, -0.05) is 23.7 Å². The van der Waals surface area contributed by atoms with Crippen molar-refractivity contribution < 1.29 is 13.9 Å². The number of rotatable bonds is 4. The van der Waals surface area contributed by atoms with E-state index in [0.717, 1.165) is 0 Å². The highest BCUT2D eigenvalue weighted by atomic mass is 79.9. The number of aliphatic hydroxyl groups is 1. The molecule has 1 N–H and O–H groups in total. The van der Waals surface area contributed by atoms with Gasteiger partial charge in [0, 0.05) is 20.7 Å². The van der Waals surface area contributed by atoms with Crippen molar-refractivity contribution in [2.45, 2.75) is 11.0 Å². The van der Waals surface area contributed by atoms with E-state index >= 15 is 0 Å². The number of benzene rings is 2. The van der Waals surface area contributed by atoms with Gasteiger partial charge >= 0.3 is 0 Å². The SMILES string of the molecule is OC(CSc1cccc(F)c1)c1ccc(Br)c(Cl)c1F. The molecule has 0 bridgehead atoms. The molecule has 0 saturated heterocycles. The van der Waals surface area contributed by atoms with Crippen LogP contribution in [0.3, 0.4) is 0 Å². The molecule has 0 spiro atoms. The molecule has 1 atom stereocenters. The quantitative estimate of drug-likeness (QED) is 0.581. The van der Waals surface area contributed by atoms with Crippen LogP contribution in [0.5, 0.6) is 0 Å². The molecule has 0 fully saturated rings. The molecular weight excluding hydrogens is 370 g/mol. The summed E-state index contributed by atoms with van der Waals surface area (Å²) in [5.41, 5.74) is 0.127. The number of hydrogen-bond acceptors (Lipinski definition) is 2. The minimum absolute atomic E-state index is 0.0581. The number of hydrogen-bond donors (Lipinski definition) is 1. The topological polar surface area (TPSA) is 20.2 Å². The zero-order valence-electron chi connectivity index (χ0n) is 10.1. The first-order chi connectivity index (χ1) is 9.49. The summed E-state index contributed by atoms with van der Waals surface area (Å²) in [7, 11) is 0. The summed E-state index contributed by atoms with van der Waals surface area (Å²) in [6.45, 7) is 0. The van der Waals surface area contributed by atoms with Crippen LogP contribution < -0.4 is 0 Å². The molecule has 0 heterocycles. The average Bonchev–Trinajstić information content (AvgIpc) is 2.42. The summed E-state index contributed by atoms with van der Waals surface area (Å²) in [5.74, 6) is -0.783. The molecule has 0 aliphatic heterocycles. The number of aliphatic hydroxyl groups excluding tert-OH is 1. The lowest BCUT2D eigenvalue weighted by Crippen LogP contribution is -2.04. The summed E-state index contributed by atoms with van der Waals surface area (Å²) in [6, 6.07) is 9.07. The molecule has 0 saturated carbocycles. The van der Waals surface area contributed by atoms with Gasteiger partial charge in [-0.05, 0) is 40.2 Å². The normalized spacial score (nSPS) is 12.4. The minimum atomic E-state index is -1.02.